The normalized spacial score (nSPS) is 7.32. The van der Waals surface area contributed by atoms with Crippen LogP contribution in [-0.4, -0.2) is 23.4 Å². The van der Waals surface area contributed by atoms with Crippen LogP contribution in [0.15, 0.2) is 0 Å². The van der Waals surface area contributed by atoms with Crippen LogP contribution in [-0.2, 0) is 14.4 Å². The number of unbranched alkanes of at least 4 members (excludes halogenated alkanes) is 3. The zero-order valence-corrected chi connectivity index (χ0v) is 26.2. The van der Waals surface area contributed by atoms with Crippen molar-refractivity contribution in [1.82, 2.24) is 0 Å². The minimum absolute atomic E-state index is 0. The molecule has 0 spiro atoms. The molecule has 7 nitrogen and oxygen atoms in total. The number of aliphatic carboxylic acids is 3. The van der Waals surface area contributed by atoms with E-state index in [4.69, 9.17) is 0 Å². The van der Waals surface area contributed by atoms with Gasteiger partial charge in [-0.2, -0.15) is 0 Å². The number of hydrogen-bond acceptors (Lipinski definition) is 6. The molecular formula is C15H29K3O7. The van der Waals surface area contributed by atoms with Gasteiger partial charge in [0.1, 0.15) is 0 Å². The van der Waals surface area contributed by atoms with Crippen LogP contribution in [0.2, 0.25) is 0 Å². The average Bonchev–Trinajstić information content (AvgIpc) is 2.41. The number of carbonyl (C=O) groups excluding carboxylic acids is 3. The number of hydrogen-bond donors (Lipinski definition) is 0. The van der Waals surface area contributed by atoms with E-state index in [1.54, 1.807) is 0 Å². The molecule has 0 amide bonds. The SMILES string of the molecule is CCCCC(=O)[O-].CCCCC(=O)[O-].CCCCC(=O)[O-].O.[K+].[K+].[K+]. The van der Waals surface area contributed by atoms with Gasteiger partial charge in [-0.05, 0) is 38.5 Å². The summed E-state index contributed by atoms with van der Waals surface area (Å²) in [7, 11) is 0. The van der Waals surface area contributed by atoms with Gasteiger partial charge in [0.15, 0.2) is 0 Å². The zero-order valence-electron chi connectivity index (χ0n) is 16.8. The van der Waals surface area contributed by atoms with E-state index in [2.05, 4.69) is 0 Å². The van der Waals surface area contributed by atoms with Crippen molar-refractivity contribution in [3.63, 3.8) is 0 Å². The maximum absolute atomic E-state index is 9.65. The Morgan fingerprint density at radius 3 is 0.760 bits per heavy atom. The van der Waals surface area contributed by atoms with E-state index in [0.717, 1.165) is 38.5 Å². The molecule has 0 aromatic rings. The number of carboxylic acid groups (broad SMARTS) is 3. The van der Waals surface area contributed by atoms with Crippen molar-refractivity contribution in [2.24, 2.45) is 0 Å². The third-order valence-electron chi connectivity index (χ3n) is 2.20. The molecule has 25 heavy (non-hydrogen) atoms. The van der Waals surface area contributed by atoms with Crippen LogP contribution in [0.25, 0.3) is 0 Å². The van der Waals surface area contributed by atoms with Gasteiger partial charge in [0.2, 0.25) is 0 Å². The van der Waals surface area contributed by atoms with E-state index in [9.17, 15) is 29.7 Å². The fourth-order valence-corrected chi connectivity index (χ4v) is 0.963. The predicted octanol–water partition coefficient (Wildman–Crippen LogP) is -10.0. The van der Waals surface area contributed by atoms with E-state index in [0.29, 0.717) is 0 Å². The first-order valence-electron chi connectivity index (χ1n) is 7.41. The minimum atomic E-state index is -0.943. The van der Waals surface area contributed by atoms with E-state index < -0.39 is 17.9 Å². The second-order valence-corrected chi connectivity index (χ2v) is 4.43. The molecule has 0 aliphatic carbocycles. The number of carboxylic acids is 3. The van der Waals surface area contributed by atoms with Gasteiger partial charge in [-0.1, -0.05) is 40.0 Å². The van der Waals surface area contributed by atoms with Gasteiger partial charge in [-0.15, -0.1) is 0 Å². The quantitative estimate of drug-likeness (QED) is 0.326. The van der Waals surface area contributed by atoms with E-state index in [1.165, 1.54) is 0 Å². The standard InChI is InChI=1S/3C5H10O2.3K.H2O/c3*1-2-3-4-5(6)7;;;;/h3*2-4H2,1H3,(H,6,7);;;;1H2/q;;;3*+1;/p-3. The first-order chi connectivity index (χ1) is 9.81. The second-order valence-electron chi connectivity index (χ2n) is 4.43. The van der Waals surface area contributed by atoms with Crippen LogP contribution in [0, 0.1) is 0 Å². The number of carbonyl (C=O) groups is 3. The van der Waals surface area contributed by atoms with Crippen molar-refractivity contribution in [3.8, 4) is 0 Å². The molecule has 0 radical (unpaired) electrons. The second kappa shape index (κ2) is 41.6. The Labute approximate surface area is 279 Å². The molecular weight excluding hydrogens is 409 g/mol. The van der Waals surface area contributed by atoms with Gasteiger partial charge in [-0.25, -0.2) is 0 Å². The Bertz CT molecular complexity index is 235. The molecule has 0 rings (SSSR count). The minimum Gasteiger partial charge on any atom is -0.550 e. The van der Waals surface area contributed by atoms with Crippen LogP contribution in [0.5, 0.6) is 0 Å². The molecule has 10 heteroatoms. The van der Waals surface area contributed by atoms with Gasteiger partial charge < -0.3 is 35.2 Å². The molecule has 0 aliphatic heterocycles. The Morgan fingerprint density at radius 1 is 0.560 bits per heavy atom. The van der Waals surface area contributed by atoms with Crippen LogP contribution in [0.3, 0.4) is 0 Å². The Hall–Kier alpha value is 3.28. The Kier molecular flexibility index (Phi) is 77.3. The molecule has 0 aromatic carbocycles. The summed E-state index contributed by atoms with van der Waals surface area (Å²) in [5.74, 6) is -2.83. The van der Waals surface area contributed by atoms with Crippen molar-refractivity contribution in [2.45, 2.75) is 78.6 Å². The van der Waals surface area contributed by atoms with Gasteiger partial charge in [0.25, 0.3) is 0 Å². The maximum atomic E-state index is 9.65. The van der Waals surface area contributed by atoms with Crippen molar-refractivity contribution in [1.29, 1.82) is 0 Å². The summed E-state index contributed by atoms with van der Waals surface area (Å²) in [5.41, 5.74) is 0. The Balaban J connectivity index is -0.0000000360. The summed E-state index contributed by atoms with van der Waals surface area (Å²) >= 11 is 0. The van der Waals surface area contributed by atoms with E-state index in [1.807, 2.05) is 20.8 Å². The van der Waals surface area contributed by atoms with Gasteiger partial charge in [-0.3, -0.25) is 0 Å². The van der Waals surface area contributed by atoms with Crippen molar-refractivity contribution in [2.75, 3.05) is 0 Å². The van der Waals surface area contributed by atoms with Crippen molar-refractivity contribution >= 4 is 17.9 Å². The molecule has 0 aliphatic rings. The molecule has 0 bridgehead atoms. The largest absolute Gasteiger partial charge is 1.00 e. The summed E-state index contributed by atoms with van der Waals surface area (Å²) in [5, 5.41) is 28.9. The topological polar surface area (TPSA) is 152 Å². The van der Waals surface area contributed by atoms with Gasteiger partial charge in [0.05, 0.1) is 0 Å². The molecule has 0 unspecified atom stereocenters. The molecule has 2 N–H and O–H groups in total. The third-order valence-corrected chi connectivity index (χ3v) is 2.20. The average molecular weight is 439 g/mol. The first-order valence-corrected chi connectivity index (χ1v) is 7.41. The Morgan fingerprint density at radius 2 is 0.720 bits per heavy atom. The van der Waals surface area contributed by atoms with Gasteiger partial charge in [0, 0.05) is 17.9 Å². The maximum Gasteiger partial charge on any atom is 1.00 e. The molecule has 0 saturated heterocycles. The van der Waals surface area contributed by atoms with E-state index in [-0.39, 0.29) is 179 Å². The summed E-state index contributed by atoms with van der Waals surface area (Å²) in [6, 6.07) is 0. The molecule has 134 valence electrons. The van der Waals surface area contributed by atoms with Crippen molar-refractivity contribution in [3.05, 3.63) is 0 Å². The first kappa shape index (κ1) is 46.5. The van der Waals surface area contributed by atoms with Gasteiger partial charge >= 0.3 is 154 Å². The van der Waals surface area contributed by atoms with Crippen LogP contribution in [0.4, 0.5) is 0 Å². The summed E-state index contributed by atoms with van der Waals surface area (Å²) in [4.78, 5) is 28.9. The summed E-state index contributed by atoms with van der Waals surface area (Å²) < 4.78 is 0. The monoisotopic (exact) mass is 438 g/mol. The smallest absolute Gasteiger partial charge is 0.550 e. The predicted molar refractivity (Wildman–Crippen MR) is 77.2 cm³/mol. The molecule has 0 saturated carbocycles. The number of rotatable bonds is 9. The van der Waals surface area contributed by atoms with Crippen molar-refractivity contribution < 1.29 is 189 Å². The molecule has 0 fully saturated rings. The fourth-order valence-electron chi connectivity index (χ4n) is 0.963. The fraction of sp³-hybridized carbons (Fsp3) is 0.800. The molecule has 0 heterocycles. The third kappa shape index (κ3) is 74.7. The molecule has 0 atom stereocenters. The van der Waals surface area contributed by atoms with Crippen LogP contribution in [0.1, 0.15) is 78.6 Å². The zero-order chi connectivity index (χ0) is 17.1. The molecule has 0 aromatic heterocycles. The summed E-state index contributed by atoms with van der Waals surface area (Å²) in [6.45, 7) is 5.84. The van der Waals surface area contributed by atoms with Crippen LogP contribution < -0.4 is 169 Å². The van der Waals surface area contributed by atoms with E-state index >= 15 is 0 Å². The summed E-state index contributed by atoms with van der Waals surface area (Å²) in [6.07, 6.45) is 5.60. The van der Waals surface area contributed by atoms with Crippen LogP contribution >= 0.6 is 0 Å².